The Hall–Kier alpha value is -13.1. The second-order valence-electron chi connectivity index (χ2n) is 34.2. The molecule has 0 spiro atoms. The number of ether oxygens (including phenoxy) is 13. The van der Waals surface area contributed by atoms with E-state index in [1.54, 1.807) is 0 Å². The summed E-state index contributed by atoms with van der Waals surface area (Å²) < 4.78 is 146. The number of nitrogens with zero attached hydrogens (tertiary/aromatic N) is 19. The van der Waals surface area contributed by atoms with E-state index in [1.807, 2.05) is 0 Å². The molecule has 0 saturated carbocycles. The lowest BCUT2D eigenvalue weighted by Gasteiger charge is -2.27. The van der Waals surface area contributed by atoms with Crippen molar-refractivity contribution in [3.63, 3.8) is 0 Å². The quantitative estimate of drug-likeness (QED) is 0.0167. The summed E-state index contributed by atoms with van der Waals surface area (Å²) in [6, 6.07) is 5.05. The van der Waals surface area contributed by atoms with Gasteiger partial charge in [-0.25, -0.2) is 48.2 Å². The van der Waals surface area contributed by atoms with Crippen LogP contribution >= 0.6 is 15.6 Å². The van der Waals surface area contributed by atoms with Crippen molar-refractivity contribution in [1.29, 1.82) is 0 Å². The number of aliphatic hydroxyl groups excluding tert-OH is 3. The van der Waals surface area contributed by atoms with E-state index >= 15 is 0 Å². The first-order chi connectivity index (χ1) is 68.0. The Morgan fingerprint density at radius 1 is 0.352 bits per heavy atom. The van der Waals surface area contributed by atoms with Crippen molar-refractivity contribution in [2.45, 2.75) is 199 Å². The third-order valence-corrected chi connectivity index (χ3v) is 27.1. The lowest BCUT2D eigenvalue weighted by molar-refractivity contribution is -0.133. The van der Waals surface area contributed by atoms with E-state index in [0.717, 1.165) is 32.3 Å². The summed E-state index contributed by atoms with van der Waals surface area (Å²) in [4.78, 5) is 199. The van der Waals surface area contributed by atoms with E-state index in [0.29, 0.717) is 0 Å². The van der Waals surface area contributed by atoms with Crippen LogP contribution in [0.2, 0.25) is 0 Å². The summed E-state index contributed by atoms with van der Waals surface area (Å²) in [5.41, 5.74) is 33.5. The average molecular weight is 2030 g/mol. The normalized spacial score (nSPS) is 30.3. The Morgan fingerprint density at radius 2 is 0.662 bits per heavy atom. The fourth-order valence-electron chi connectivity index (χ4n) is 18.4. The molecule has 12 aromatic heterocycles. The molecule has 758 valence electrons. The van der Waals surface area contributed by atoms with E-state index in [2.05, 4.69) is 79.7 Å². The zero-order chi connectivity index (χ0) is 99.3. The minimum atomic E-state index is -5.76. The fraction of sp³-hybridized carbons (Fsp3) is 0.526. The highest BCUT2D eigenvalue weighted by molar-refractivity contribution is 7.47. The Bertz CT molecular complexity index is 7450. The number of nitrogen functional groups attached to an aromatic ring is 7. The van der Waals surface area contributed by atoms with Gasteiger partial charge in [0.05, 0.1) is 115 Å². The van der Waals surface area contributed by atoms with Crippen LogP contribution in [0.15, 0.2) is 118 Å². The summed E-state index contributed by atoms with van der Waals surface area (Å²) in [6.45, 7) is -4.73. The summed E-state index contributed by atoms with van der Waals surface area (Å²) in [6.07, 6.45) is -23.2. The van der Waals surface area contributed by atoms with Gasteiger partial charge in [0.2, 0.25) is 23.8 Å². The molecule has 12 aromatic rings. The number of aromatic amines is 5. The van der Waals surface area contributed by atoms with Crippen molar-refractivity contribution < 1.29 is 114 Å². The van der Waals surface area contributed by atoms with Crippen LogP contribution in [-0.2, 0) is 88.8 Å². The summed E-state index contributed by atoms with van der Waals surface area (Å²) in [5, 5.41) is 34.3. The first kappa shape index (κ1) is 96.4. The van der Waals surface area contributed by atoms with Gasteiger partial charge in [-0.15, -0.1) is 0 Å². The molecule has 64 nitrogen and oxygen atoms in total. The van der Waals surface area contributed by atoms with Crippen LogP contribution in [0, 0.1) is 0 Å². The first-order valence-electron chi connectivity index (χ1n) is 43.9. The Balaban J connectivity index is 0.545. The van der Waals surface area contributed by atoms with Crippen LogP contribution in [0.25, 0.3) is 44.7 Å². The van der Waals surface area contributed by atoms with Crippen LogP contribution in [0.1, 0.15) is 94.8 Å². The molecule has 0 aliphatic carbocycles. The third kappa shape index (κ3) is 19.7. The van der Waals surface area contributed by atoms with Gasteiger partial charge >= 0.3 is 38.4 Å². The van der Waals surface area contributed by atoms with Crippen LogP contribution in [-0.4, -0.2) is 298 Å². The summed E-state index contributed by atoms with van der Waals surface area (Å²) >= 11 is 0. The molecule has 27 atom stereocenters. The zero-order valence-electron chi connectivity index (χ0n) is 73.6. The molecular weight excluding hydrogens is 1940 g/mol. The van der Waals surface area contributed by atoms with Gasteiger partial charge in [0, 0.05) is 75.8 Å². The first-order valence-corrected chi connectivity index (χ1v) is 46.9. The molecule has 20 rings (SSSR count). The third-order valence-electron chi connectivity index (χ3n) is 25.1. The van der Waals surface area contributed by atoms with Gasteiger partial charge in [-0.05, 0) is 18.2 Å². The van der Waals surface area contributed by atoms with Gasteiger partial charge in [0.25, 0.3) is 27.8 Å². The molecule has 0 bridgehead atoms. The van der Waals surface area contributed by atoms with Gasteiger partial charge in [-0.1, -0.05) is 0 Å². The molecule has 8 saturated heterocycles. The van der Waals surface area contributed by atoms with Crippen LogP contribution in [0.4, 0.5) is 41.2 Å². The predicted molar refractivity (Wildman–Crippen MR) is 473 cm³/mol. The van der Waals surface area contributed by atoms with Gasteiger partial charge in [-0.2, -0.15) is 34.9 Å². The highest BCUT2D eigenvalue weighted by atomic mass is 31.2. The number of anilines is 7. The molecule has 0 radical (unpaired) electrons. The molecule has 24 N–H and O–H groups in total. The number of hydrogen-bond acceptors (Lipinski definition) is 49. The van der Waals surface area contributed by atoms with Gasteiger partial charge in [0.1, 0.15) is 128 Å². The van der Waals surface area contributed by atoms with Crippen LogP contribution < -0.4 is 90.7 Å². The average Bonchev–Trinajstić information content (AvgIpc) is 1.61. The lowest BCUT2D eigenvalue weighted by atomic mass is 10.1. The Labute approximate surface area is 788 Å². The van der Waals surface area contributed by atoms with Crippen molar-refractivity contribution in [3.8, 4) is 0 Å². The maximum atomic E-state index is 14.9. The lowest BCUT2D eigenvalue weighted by Crippen LogP contribution is -2.38. The van der Waals surface area contributed by atoms with Crippen molar-refractivity contribution in [3.05, 3.63) is 168 Å². The molecule has 8 aliphatic rings. The molecule has 8 aliphatic heterocycles. The number of nitrogens with two attached hydrogens (primary N) is 7. The minimum Gasteiger partial charge on any atom is -0.394 e. The molecule has 0 amide bonds. The molecule has 0 aromatic carbocycles. The number of hydrogen-bond donors (Lipinski definition) is 17. The summed E-state index contributed by atoms with van der Waals surface area (Å²) in [7, 11) is -11.4. The molecule has 142 heavy (non-hydrogen) atoms. The molecule has 66 heteroatoms. The number of fused-ring (bicyclic) bond motifs is 4. The number of phosphoric ester groups is 2. The largest absolute Gasteiger partial charge is 0.472 e. The topological polar surface area (TPSA) is 888 Å². The number of phosphoric acid groups is 2. The second-order valence-corrected chi connectivity index (χ2v) is 37.0. The van der Waals surface area contributed by atoms with Gasteiger partial charge < -0.3 is 127 Å². The standard InChI is InChI=1S/C76H91N31O33P2/c77-43-1-5-100(73(116)88-43)48-10-29(35(16-108)131-48)125-18-38-32(14-53(134-38)106-26-86-56-62(106)94-71(82)98-66(56)114)128-21-40-34(15-51(136-40)102-7-3-45(79)90-75(102)118)139-141(120,121)130-23-42-59(58(111)68(138-42)107-27-87-57-63(107)95-72(83)99-67(57)115)140-142(122,123)129-22-41-33(12-50(137-41)103-8-4-46(110)91-76(103)119)127-20-39-31(13-52(135-39)105-25-85-55-61(105)93-70(81)97-65(55)113)126-19-37-30(11-49(133-37)101-6-2-44(78)89-74(101)117)124-17-36-28(109)9-47(132-36)104-24-84-54-60(104)92-69(80)96-64(54)112/h1-8,24-42,47-53,58-59,68,108-109,111H,9-23H2,(H,120,121)(H,122,123)(H2,77,88,116)(H2,78,89,117)(H2,79,90,118)(H,91,110,119)(H3,80,92,96,112)(H3,81,93,97,113)(H3,82,94,98,114)(H3,83,95,99,115)/t28-,29-,30-,31-,32-,33-,34-,35+,36+,37+,38+,39+,40+,41+,42+,47+,48+,49+,50+,51+,52+,53+,58+,59+,68+/m0/s1. The van der Waals surface area contributed by atoms with Crippen LogP contribution in [0.3, 0.4) is 0 Å². The molecule has 8 fully saturated rings. The van der Waals surface area contributed by atoms with Gasteiger partial charge in [0.15, 0.2) is 50.9 Å². The van der Waals surface area contributed by atoms with E-state index in [-0.39, 0.29) is 138 Å². The Morgan fingerprint density at radius 3 is 1.06 bits per heavy atom. The number of rotatable bonds is 34. The van der Waals surface area contributed by atoms with Crippen molar-refractivity contribution in [1.82, 2.24) is 116 Å². The fourth-order valence-corrected chi connectivity index (χ4v) is 20.3. The highest BCUT2D eigenvalue weighted by Crippen LogP contribution is 2.53. The minimum absolute atomic E-state index is 0.00235. The maximum Gasteiger partial charge on any atom is 0.472 e. The monoisotopic (exact) mass is 2030 g/mol. The van der Waals surface area contributed by atoms with E-state index in [4.69, 9.17) is 120 Å². The maximum absolute atomic E-state index is 14.9. The summed E-state index contributed by atoms with van der Waals surface area (Å²) in [5.74, 6) is -1.46. The van der Waals surface area contributed by atoms with Crippen molar-refractivity contribution in [2.75, 3.05) is 93.0 Å². The number of H-pyrrole nitrogens is 5. The number of aliphatic hydroxyl groups is 3. The number of imidazole rings is 4. The van der Waals surface area contributed by atoms with E-state index in [1.165, 1.54) is 78.6 Å². The second kappa shape index (κ2) is 39.0. The smallest absolute Gasteiger partial charge is 0.394 e. The predicted octanol–water partition coefficient (Wildman–Crippen LogP) is -6.53. The highest BCUT2D eigenvalue weighted by Gasteiger charge is 2.54. The van der Waals surface area contributed by atoms with Crippen LogP contribution in [0.5, 0.6) is 0 Å². The van der Waals surface area contributed by atoms with Crippen molar-refractivity contribution >= 4 is 102 Å². The molecule has 20 heterocycles. The van der Waals surface area contributed by atoms with Crippen molar-refractivity contribution in [2.24, 2.45) is 0 Å². The number of aromatic nitrogens is 24. The Kier molecular flexibility index (Phi) is 26.5. The van der Waals surface area contributed by atoms with Gasteiger partial charge in [-0.3, -0.25) is 104 Å². The molecule has 2 unspecified atom stereocenters. The van der Waals surface area contributed by atoms with E-state index in [9.17, 15) is 77.4 Å². The molecular formula is C76H91N31O33P2. The zero-order valence-corrected chi connectivity index (χ0v) is 75.4. The number of nitrogens with one attached hydrogen (secondary N) is 5. The SMILES string of the molecule is Nc1ccn([C@H]2C[C@H](OC[C@H]3O[C@@H](n4cnc5c(=O)[nH]c(N)nc54)C[C@@H]3OC[C@H]3O[C@@H](n4ccc(N)nc4=O)C[C@@H]3OP(=O)(O)OC[C@H]3O[C@@H](n4cnc5c(=O)[nH]c(N)nc54)[C@H](O)[C@@H]3OP(=O)(O)OC[C@H]3O[C@@H](n4ccc(=O)[nH]c4=O)C[C@@H]3OC[C@H]3O[C@@H](n4cnc5c(=O)[nH]c(N)nc54)C[C@@H]3OC[C@H]3O[C@@H](n4ccc(N)nc4=O)C[C@@H]3OC[C@H]3O[C@@H](n4cnc5c(=O)[nH]c(N)nc54)C[C@@H]3O)[C@@H](CO)O2)c(=O)n1. The van der Waals surface area contributed by atoms with E-state index < -0.39 is 265 Å².